The molecule has 0 radical (unpaired) electrons. The Kier molecular flexibility index (Phi) is 2.71. The first-order valence-corrected chi connectivity index (χ1v) is 5.43. The van der Waals surface area contributed by atoms with Crippen LogP contribution in [0.2, 0.25) is 0 Å². The Bertz CT molecular complexity index is 610. The van der Waals surface area contributed by atoms with Gasteiger partial charge >= 0.3 is 5.97 Å². The molecule has 0 amide bonds. The van der Waals surface area contributed by atoms with Gasteiger partial charge in [0.05, 0.1) is 5.56 Å². The van der Waals surface area contributed by atoms with Gasteiger partial charge in [0.2, 0.25) is 0 Å². The first kappa shape index (κ1) is 11.4. The van der Waals surface area contributed by atoms with Crippen LogP contribution in [0.3, 0.4) is 0 Å². The van der Waals surface area contributed by atoms with Crippen LogP contribution in [-0.4, -0.2) is 21.4 Å². The third kappa shape index (κ3) is 1.62. The molecular weight excluding hydrogens is 218 g/mol. The summed E-state index contributed by atoms with van der Waals surface area (Å²) in [5.74, 6) is -2.25. The minimum atomic E-state index is -1.41. The molecule has 4 nitrogen and oxygen atoms in total. The second kappa shape index (κ2) is 4.05. The number of para-hydroxylation sites is 1. The zero-order valence-corrected chi connectivity index (χ0v) is 9.73. The topological polar surface area (TPSA) is 59.3 Å². The van der Waals surface area contributed by atoms with Crippen molar-refractivity contribution in [3.8, 4) is 0 Å². The Balaban J connectivity index is 2.83. The van der Waals surface area contributed by atoms with Crippen LogP contribution in [0.15, 0.2) is 24.3 Å². The number of aryl methyl sites for hydroxylation is 1. The summed E-state index contributed by atoms with van der Waals surface area (Å²) in [6.07, 6.45) is 0. The summed E-state index contributed by atoms with van der Waals surface area (Å²) in [4.78, 5) is 22.5. The average molecular weight is 231 g/mol. The first-order chi connectivity index (χ1) is 8.07. The Morgan fingerprint density at radius 1 is 1.29 bits per heavy atom. The van der Waals surface area contributed by atoms with Crippen molar-refractivity contribution in [2.75, 3.05) is 0 Å². The SMILES string of the molecule is CCn1c(C)c(C(=O)C(=O)O)c2ccccc21. The summed E-state index contributed by atoms with van der Waals surface area (Å²) in [5, 5.41) is 9.55. The highest BCUT2D eigenvalue weighted by atomic mass is 16.4. The smallest absolute Gasteiger partial charge is 0.377 e. The zero-order chi connectivity index (χ0) is 12.6. The van der Waals surface area contributed by atoms with Crippen LogP contribution in [0.5, 0.6) is 0 Å². The van der Waals surface area contributed by atoms with E-state index in [1.165, 1.54) is 0 Å². The summed E-state index contributed by atoms with van der Waals surface area (Å²) in [6, 6.07) is 7.36. The van der Waals surface area contributed by atoms with Crippen LogP contribution < -0.4 is 0 Å². The molecule has 0 aliphatic rings. The molecule has 0 spiro atoms. The number of fused-ring (bicyclic) bond motifs is 1. The first-order valence-electron chi connectivity index (χ1n) is 5.43. The molecule has 0 bridgehead atoms. The third-order valence-corrected chi connectivity index (χ3v) is 2.97. The quantitative estimate of drug-likeness (QED) is 0.651. The van der Waals surface area contributed by atoms with E-state index in [1.807, 2.05) is 23.6 Å². The van der Waals surface area contributed by atoms with Crippen LogP contribution in [0.1, 0.15) is 23.0 Å². The molecule has 17 heavy (non-hydrogen) atoms. The second-order valence-electron chi connectivity index (χ2n) is 3.86. The number of carboxylic acid groups (broad SMARTS) is 1. The molecule has 2 aromatic rings. The lowest BCUT2D eigenvalue weighted by Crippen LogP contribution is -2.14. The minimum absolute atomic E-state index is 0.301. The summed E-state index contributed by atoms with van der Waals surface area (Å²) in [6.45, 7) is 4.45. The van der Waals surface area contributed by atoms with Crippen LogP contribution in [-0.2, 0) is 11.3 Å². The van der Waals surface area contributed by atoms with E-state index in [1.54, 1.807) is 19.1 Å². The van der Waals surface area contributed by atoms with E-state index in [-0.39, 0.29) is 0 Å². The maximum atomic E-state index is 11.7. The summed E-state index contributed by atoms with van der Waals surface area (Å²) >= 11 is 0. The molecule has 1 aromatic heterocycles. The minimum Gasteiger partial charge on any atom is -0.475 e. The number of Topliss-reactive ketones (excluding diaryl/α,β-unsaturated/α-hetero) is 1. The van der Waals surface area contributed by atoms with Gasteiger partial charge in [0.25, 0.3) is 5.78 Å². The predicted octanol–water partition coefficient (Wildman–Crippen LogP) is 2.24. The molecule has 0 saturated carbocycles. The van der Waals surface area contributed by atoms with E-state index in [0.717, 1.165) is 5.52 Å². The van der Waals surface area contributed by atoms with Crippen molar-refractivity contribution in [2.45, 2.75) is 20.4 Å². The molecule has 0 atom stereocenters. The molecule has 1 heterocycles. The highest BCUT2D eigenvalue weighted by Gasteiger charge is 2.23. The number of carbonyl (C=O) groups excluding carboxylic acids is 1. The van der Waals surface area contributed by atoms with E-state index in [0.29, 0.717) is 23.2 Å². The molecular formula is C13H13NO3. The summed E-state index contributed by atoms with van der Waals surface area (Å²) < 4.78 is 1.95. The Morgan fingerprint density at radius 2 is 1.94 bits per heavy atom. The molecule has 1 N–H and O–H groups in total. The van der Waals surface area contributed by atoms with Crippen molar-refractivity contribution >= 4 is 22.7 Å². The van der Waals surface area contributed by atoms with E-state index in [4.69, 9.17) is 5.11 Å². The van der Waals surface area contributed by atoms with Crippen molar-refractivity contribution in [2.24, 2.45) is 0 Å². The normalized spacial score (nSPS) is 10.7. The van der Waals surface area contributed by atoms with Gasteiger partial charge in [-0.25, -0.2) is 4.79 Å². The number of rotatable bonds is 3. The van der Waals surface area contributed by atoms with Gasteiger partial charge < -0.3 is 9.67 Å². The molecule has 88 valence electrons. The number of nitrogens with zero attached hydrogens (tertiary/aromatic N) is 1. The maximum Gasteiger partial charge on any atom is 0.377 e. The van der Waals surface area contributed by atoms with Gasteiger partial charge in [-0.3, -0.25) is 4.79 Å². The predicted molar refractivity (Wildman–Crippen MR) is 64.3 cm³/mol. The van der Waals surface area contributed by atoms with Gasteiger partial charge in [-0.1, -0.05) is 18.2 Å². The Labute approximate surface area is 98.5 Å². The number of carboxylic acids is 1. The summed E-state index contributed by atoms with van der Waals surface area (Å²) in [5.41, 5.74) is 1.91. The zero-order valence-electron chi connectivity index (χ0n) is 9.73. The highest BCUT2D eigenvalue weighted by Crippen LogP contribution is 2.26. The monoisotopic (exact) mass is 231 g/mol. The van der Waals surface area contributed by atoms with Crippen LogP contribution in [0.4, 0.5) is 0 Å². The number of carbonyl (C=O) groups is 2. The molecule has 1 aromatic carbocycles. The van der Waals surface area contributed by atoms with Gasteiger partial charge in [-0.15, -0.1) is 0 Å². The fraction of sp³-hybridized carbons (Fsp3) is 0.231. The van der Waals surface area contributed by atoms with Gasteiger partial charge in [-0.05, 0) is 19.9 Å². The Morgan fingerprint density at radius 3 is 2.53 bits per heavy atom. The molecule has 4 heteroatoms. The van der Waals surface area contributed by atoms with Gasteiger partial charge in [-0.2, -0.15) is 0 Å². The van der Waals surface area contributed by atoms with Crippen molar-refractivity contribution in [3.05, 3.63) is 35.5 Å². The number of aliphatic carboxylic acids is 1. The highest BCUT2D eigenvalue weighted by molar-refractivity contribution is 6.42. The fourth-order valence-corrected chi connectivity index (χ4v) is 2.23. The van der Waals surface area contributed by atoms with E-state index >= 15 is 0 Å². The molecule has 0 saturated heterocycles. The van der Waals surface area contributed by atoms with Gasteiger partial charge in [0.1, 0.15) is 0 Å². The van der Waals surface area contributed by atoms with Gasteiger partial charge in [0, 0.05) is 23.1 Å². The molecule has 0 aliphatic carbocycles. The third-order valence-electron chi connectivity index (χ3n) is 2.97. The maximum absolute atomic E-state index is 11.7. The van der Waals surface area contributed by atoms with Crippen LogP contribution >= 0.6 is 0 Å². The van der Waals surface area contributed by atoms with Crippen LogP contribution in [0.25, 0.3) is 10.9 Å². The molecule has 2 rings (SSSR count). The lowest BCUT2D eigenvalue weighted by atomic mass is 10.1. The molecule has 0 aliphatic heterocycles. The lowest BCUT2D eigenvalue weighted by Gasteiger charge is -2.03. The van der Waals surface area contributed by atoms with Crippen molar-refractivity contribution in [1.82, 2.24) is 4.57 Å². The number of hydrogen-bond acceptors (Lipinski definition) is 2. The largest absolute Gasteiger partial charge is 0.475 e. The van der Waals surface area contributed by atoms with Crippen molar-refractivity contribution in [1.29, 1.82) is 0 Å². The van der Waals surface area contributed by atoms with E-state index < -0.39 is 11.8 Å². The standard InChI is InChI=1S/C13H13NO3/c1-3-14-8(2)11(12(15)13(16)17)9-6-4-5-7-10(9)14/h4-7H,3H2,1-2H3,(H,16,17). The van der Waals surface area contributed by atoms with Crippen molar-refractivity contribution < 1.29 is 14.7 Å². The number of ketones is 1. The number of hydrogen-bond donors (Lipinski definition) is 1. The molecule has 0 unspecified atom stereocenters. The fourth-order valence-electron chi connectivity index (χ4n) is 2.23. The summed E-state index contributed by atoms with van der Waals surface area (Å²) in [7, 11) is 0. The molecule has 0 fully saturated rings. The van der Waals surface area contributed by atoms with E-state index in [9.17, 15) is 9.59 Å². The van der Waals surface area contributed by atoms with Crippen LogP contribution in [0, 0.1) is 6.92 Å². The van der Waals surface area contributed by atoms with E-state index in [2.05, 4.69) is 0 Å². The Hall–Kier alpha value is -2.10. The lowest BCUT2D eigenvalue weighted by molar-refractivity contribution is -0.131. The number of aromatic nitrogens is 1. The number of benzene rings is 1. The van der Waals surface area contributed by atoms with Gasteiger partial charge in [0.15, 0.2) is 0 Å². The second-order valence-corrected chi connectivity index (χ2v) is 3.86. The van der Waals surface area contributed by atoms with Crippen molar-refractivity contribution in [3.63, 3.8) is 0 Å². The average Bonchev–Trinajstić information content (AvgIpc) is 2.59.